The van der Waals surface area contributed by atoms with Crippen LogP contribution in [0.5, 0.6) is 5.75 Å². The van der Waals surface area contributed by atoms with E-state index in [0.717, 1.165) is 33.2 Å². The van der Waals surface area contributed by atoms with Crippen LogP contribution in [0.1, 0.15) is 30.6 Å². The number of benzene rings is 2. The van der Waals surface area contributed by atoms with Gasteiger partial charge in [-0.15, -0.1) is 11.3 Å². The first kappa shape index (κ1) is 19.2. The zero-order chi connectivity index (χ0) is 20.2. The molecule has 0 aliphatic heterocycles. The van der Waals surface area contributed by atoms with E-state index in [2.05, 4.69) is 15.1 Å². The number of ether oxygens (including phenoxy) is 1. The van der Waals surface area contributed by atoms with Crippen molar-refractivity contribution in [2.75, 3.05) is 7.11 Å². The predicted octanol–water partition coefficient (Wildman–Crippen LogP) is 4.88. The molecule has 0 radical (unpaired) electrons. The summed E-state index contributed by atoms with van der Waals surface area (Å²) in [7, 11) is 1.66. The molecule has 29 heavy (non-hydrogen) atoms. The number of nitrogens with one attached hydrogen (secondary N) is 1. The number of thiazole rings is 1. The molecule has 0 aliphatic rings. The van der Waals surface area contributed by atoms with Crippen LogP contribution in [0.2, 0.25) is 0 Å². The molecule has 5 nitrogen and oxygen atoms in total. The highest BCUT2D eigenvalue weighted by Gasteiger charge is 2.13. The number of hydrogen-bond acceptors (Lipinski definition) is 4. The Kier molecular flexibility index (Phi) is 5.62. The summed E-state index contributed by atoms with van der Waals surface area (Å²) in [5, 5.41) is 5.15. The highest BCUT2D eigenvalue weighted by Crippen LogP contribution is 2.26. The molecule has 0 spiro atoms. The molecule has 4 aromatic rings. The van der Waals surface area contributed by atoms with Crippen LogP contribution < -0.4 is 10.1 Å². The average molecular weight is 406 g/mol. The van der Waals surface area contributed by atoms with Gasteiger partial charge in [-0.25, -0.2) is 4.98 Å². The van der Waals surface area contributed by atoms with Crippen molar-refractivity contribution in [2.45, 2.75) is 25.8 Å². The molecule has 1 unspecified atom stereocenters. The molecule has 0 aliphatic carbocycles. The lowest BCUT2D eigenvalue weighted by molar-refractivity contribution is -0.121. The molecule has 6 heteroatoms. The number of aromatic nitrogens is 2. The quantitative estimate of drug-likeness (QED) is 0.477. The lowest BCUT2D eigenvalue weighted by atomic mass is 10.1. The molecule has 0 fully saturated rings. The number of rotatable bonds is 7. The first-order valence-corrected chi connectivity index (χ1v) is 10.5. The maximum absolute atomic E-state index is 12.4. The molecule has 148 valence electrons. The van der Waals surface area contributed by atoms with E-state index in [1.165, 1.54) is 0 Å². The van der Waals surface area contributed by atoms with Crippen LogP contribution in [0.4, 0.5) is 0 Å². The molecule has 1 N–H and O–H groups in total. The molecule has 2 heterocycles. The SMILES string of the molecule is COc1ccc(-c2cn3c(CCC(=O)NC(C)c4ccccc4)csc3n2)cc1. The van der Waals surface area contributed by atoms with Crippen molar-refractivity contribution >= 4 is 22.2 Å². The summed E-state index contributed by atoms with van der Waals surface area (Å²) in [6, 6.07) is 17.9. The largest absolute Gasteiger partial charge is 0.497 e. The zero-order valence-corrected chi connectivity index (χ0v) is 17.3. The Labute approximate surface area is 174 Å². The molecule has 4 rings (SSSR count). The third-order valence-corrected chi connectivity index (χ3v) is 5.84. The van der Waals surface area contributed by atoms with Gasteiger partial charge in [0.1, 0.15) is 5.75 Å². The molecule has 1 amide bonds. The Balaban J connectivity index is 1.41. The lowest BCUT2D eigenvalue weighted by Gasteiger charge is -2.14. The predicted molar refractivity (Wildman–Crippen MR) is 116 cm³/mol. The van der Waals surface area contributed by atoms with E-state index >= 15 is 0 Å². The van der Waals surface area contributed by atoms with Crippen molar-refractivity contribution < 1.29 is 9.53 Å². The van der Waals surface area contributed by atoms with Gasteiger partial charge in [0.05, 0.1) is 18.8 Å². The zero-order valence-electron chi connectivity index (χ0n) is 16.5. The van der Waals surface area contributed by atoms with Crippen LogP contribution in [-0.4, -0.2) is 22.4 Å². The van der Waals surface area contributed by atoms with Crippen molar-refractivity contribution in [2.24, 2.45) is 0 Å². The van der Waals surface area contributed by atoms with Crippen molar-refractivity contribution in [3.05, 3.63) is 77.4 Å². The van der Waals surface area contributed by atoms with E-state index in [-0.39, 0.29) is 11.9 Å². The molecule has 1 atom stereocenters. The molecule has 0 bridgehead atoms. The Hall–Kier alpha value is -3.12. The number of hydrogen-bond donors (Lipinski definition) is 1. The van der Waals surface area contributed by atoms with Gasteiger partial charge in [-0.2, -0.15) is 0 Å². The summed E-state index contributed by atoms with van der Waals surface area (Å²) in [5.74, 6) is 0.877. The molecule has 2 aromatic carbocycles. The van der Waals surface area contributed by atoms with Crippen LogP contribution in [0.25, 0.3) is 16.2 Å². The summed E-state index contributed by atoms with van der Waals surface area (Å²) in [6.07, 6.45) is 3.15. The third-order valence-electron chi connectivity index (χ3n) is 4.95. The Morgan fingerprint density at radius 2 is 1.93 bits per heavy atom. The average Bonchev–Trinajstić information content (AvgIpc) is 3.34. The van der Waals surface area contributed by atoms with Gasteiger partial charge in [0.25, 0.3) is 0 Å². The van der Waals surface area contributed by atoms with Gasteiger partial charge in [0.2, 0.25) is 5.91 Å². The van der Waals surface area contributed by atoms with Gasteiger partial charge in [-0.3, -0.25) is 9.20 Å². The van der Waals surface area contributed by atoms with E-state index in [1.54, 1.807) is 18.4 Å². The van der Waals surface area contributed by atoms with Crippen LogP contribution in [0.15, 0.2) is 66.2 Å². The Bertz CT molecular complexity index is 1100. The molecule has 0 saturated heterocycles. The first-order chi connectivity index (χ1) is 14.1. The highest BCUT2D eigenvalue weighted by molar-refractivity contribution is 7.15. The van der Waals surface area contributed by atoms with Crippen molar-refractivity contribution in [1.82, 2.24) is 14.7 Å². The minimum Gasteiger partial charge on any atom is -0.497 e. The number of amides is 1. The molecule has 0 saturated carbocycles. The fraction of sp³-hybridized carbons (Fsp3) is 0.217. The number of methoxy groups -OCH3 is 1. The monoisotopic (exact) mass is 405 g/mol. The fourth-order valence-corrected chi connectivity index (χ4v) is 4.20. The van der Waals surface area contributed by atoms with Gasteiger partial charge in [-0.1, -0.05) is 30.3 Å². The smallest absolute Gasteiger partial charge is 0.220 e. The second-order valence-corrected chi connectivity index (χ2v) is 7.77. The second-order valence-electron chi connectivity index (χ2n) is 6.93. The van der Waals surface area contributed by atoms with Gasteiger partial charge >= 0.3 is 0 Å². The number of nitrogens with zero attached hydrogens (tertiary/aromatic N) is 2. The van der Waals surface area contributed by atoms with Crippen molar-refractivity contribution in [1.29, 1.82) is 0 Å². The standard InChI is InChI=1S/C23H23N3O2S/c1-16(17-6-4-3-5-7-17)24-22(27)13-10-19-15-29-23-25-21(14-26(19)23)18-8-11-20(28-2)12-9-18/h3-9,11-12,14-16H,10,13H2,1-2H3,(H,24,27). The summed E-state index contributed by atoms with van der Waals surface area (Å²) in [6.45, 7) is 2.01. The summed E-state index contributed by atoms with van der Waals surface area (Å²) in [4.78, 5) is 18.0. The van der Waals surface area contributed by atoms with E-state index in [9.17, 15) is 4.79 Å². The topological polar surface area (TPSA) is 55.6 Å². The molecular weight excluding hydrogens is 382 g/mol. The number of carbonyl (C=O) groups is 1. The second kappa shape index (κ2) is 8.49. The highest BCUT2D eigenvalue weighted by atomic mass is 32.1. The normalized spacial score (nSPS) is 12.1. The minimum absolute atomic E-state index is 0.00103. The van der Waals surface area contributed by atoms with Gasteiger partial charge in [0, 0.05) is 29.3 Å². The van der Waals surface area contributed by atoms with Gasteiger partial charge in [-0.05, 0) is 43.2 Å². The van der Waals surface area contributed by atoms with Crippen LogP contribution in [0.3, 0.4) is 0 Å². The van der Waals surface area contributed by atoms with E-state index in [0.29, 0.717) is 12.8 Å². The van der Waals surface area contributed by atoms with Gasteiger partial charge in [0.15, 0.2) is 4.96 Å². The van der Waals surface area contributed by atoms with Crippen LogP contribution in [0, 0.1) is 0 Å². The summed E-state index contributed by atoms with van der Waals surface area (Å²) < 4.78 is 7.30. The first-order valence-electron chi connectivity index (χ1n) is 9.58. The Morgan fingerprint density at radius 1 is 1.17 bits per heavy atom. The van der Waals surface area contributed by atoms with Crippen LogP contribution >= 0.6 is 11.3 Å². The fourth-order valence-electron chi connectivity index (χ4n) is 3.29. The van der Waals surface area contributed by atoms with E-state index in [1.807, 2.05) is 67.7 Å². The molecule has 2 aromatic heterocycles. The number of carbonyl (C=O) groups excluding carboxylic acids is 1. The maximum atomic E-state index is 12.4. The third kappa shape index (κ3) is 4.32. The van der Waals surface area contributed by atoms with Gasteiger partial charge < -0.3 is 10.1 Å². The number of imidazole rings is 1. The minimum atomic E-state index is 0.00103. The summed E-state index contributed by atoms with van der Waals surface area (Å²) >= 11 is 1.59. The molecular formula is C23H23N3O2S. The Morgan fingerprint density at radius 3 is 2.66 bits per heavy atom. The van der Waals surface area contributed by atoms with Crippen LogP contribution in [-0.2, 0) is 11.2 Å². The number of fused-ring (bicyclic) bond motifs is 1. The van der Waals surface area contributed by atoms with Crippen molar-refractivity contribution in [3.63, 3.8) is 0 Å². The lowest BCUT2D eigenvalue weighted by Crippen LogP contribution is -2.26. The number of aryl methyl sites for hydroxylation is 1. The van der Waals surface area contributed by atoms with Crippen molar-refractivity contribution in [3.8, 4) is 17.0 Å². The maximum Gasteiger partial charge on any atom is 0.220 e. The summed E-state index contributed by atoms with van der Waals surface area (Å²) in [5.41, 5.74) is 4.17. The van der Waals surface area contributed by atoms with E-state index < -0.39 is 0 Å². The van der Waals surface area contributed by atoms with E-state index in [4.69, 9.17) is 9.72 Å².